The second-order valence-electron chi connectivity index (χ2n) is 4.06. The molecule has 1 aromatic carbocycles. The van der Waals surface area contributed by atoms with Gasteiger partial charge in [0.25, 0.3) is 5.91 Å². The molecule has 0 aliphatic rings. The van der Waals surface area contributed by atoms with E-state index in [9.17, 15) is 4.79 Å². The molecular weight excluding hydrogens is 282 g/mol. The van der Waals surface area contributed by atoms with Crippen molar-refractivity contribution in [3.63, 3.8) is 0 Å². The fraction of sp³-hybridized carbons (Fsp3) is 0.308. The van der Waals surface area contributed by atoms with Crippen LogP contribution in [0.2, 0.25) is 0 Å². The largest absolute Gasteiger partial charge is 0.463 e. The van der Waals surface area contributed by atoms with Gasteiger partial charge in [-0.05, 0) is 13.0 Å². The SMILES string of the molecule is CC(CBr)N(C)C(=O)c1coc2ccccc12. The fourth-order valence-corrected chi connectivity index (χ4v) is 2.07. The zero-order chi connectivity index (χ0) is 12.4. The van der Waals surface area contributed by atoms with Crippen molar-refractivity contribution >= 4 is 32.8 Å². The number of carbonyl (C=O) groups excluding carboxylic acids is 1. The van der Waals surface area contributed by atoms with E-state index >= 15 is 0 Å². The van der Waals surface area contributed by atoms with E-state index in [0.29, 0.717) is 5.56 Å². The van der Waals surface area contributed by atoms with Crippen molar-refractivity contribution < 1.29 is 9.21 Å². The molecule has 1 heterocycles. The Morgan fingerprint density at radius 3 is 2.88 bits per heavy atom. The Morgan fingerprint density at radius 2 is 2.18 bits per heavy atom. The van der Waals surface area contributed by atoms with Crippen LogP contribution in [0.1, 0.15) is 17.3 Å². The van der Waals surface area contributed by atoms with E-state index in [2.05, 4.69) is 15.9 Å². The zero-order valence-electron chi connectivity index (χ0n) is 9.81. The number of furan rings is 1. The van der Waals surface area contributed by atoms with Gasteiger partial charge in [-0.2, -0.15) is 0 Å². The summed E-state index contributed by atoms with van der Waals surface area (Å²) in [5.74, 6) is -0.0121. The van der Waals surface area contributed by atoms with Crippen LogP contribution >= 0.6 is 15.9 Å². The van der Waals surface area contributed by atoms with Crippen LogP contribution in [-0.4, -0.2) is 29.2 Å². The summed E-state index contributed by atoms with van der Waals surface area (Å²) in [6.45, 7) is 1.99. The summed E-state index contributed by atoms with van der Waals surface area (Å²) < 4.78 is 5.37. The van der Waals surface area contributed by atoms with E-state index in [1.54, 1.807) is 11.9 Å². The minimum absolute atomic E-state index is 0.0121. The molecule has 0 spiro atoms. The van der Waals surface area contributed by atoms with Crippen LogP contribution in [-0.2, 0) is 0 Å². The van der Waals surface area contributed by atoms with Crippen LogP contribution in [0.5, 0.6) is 0 Å². The van der Waals surface area contributed by atoms with Crippen molar-refractivity contribution in [3.05, 3.63) is 36.1 Å². The van der Waals surface area contributed by atoms with Crippen LogP contribution in [0.4, 0.5) is 0 Å². The van der Waals surface area contributed by atoms with Crippen LogP contribution in [0.15, 0.2) is 34.9 Å². The van der Waals surface area contributed by atoms with E-state index in [-0.39, 0.29) is 11.9 Å². The molecule has 90 valence electrons. The second-order valence-corrected chi connectivity index (χ2v) is 4.71. The number of carbonyl (C=O) groups is 1. The molecule has 4 heteroatoms. The maximum atomic E-state index is 12.3. The van der Waals surface area contributed by atoms with Crippen molar-refractivity contribution in [1.29, 1.82) is 0 Å². The van der Waals surface area contributed by atoms with Crippen molar-refractivity contribution in [2.75, 3.05) is 12.4 Å². The summed E-state index contributed by atoms with van der Waals surface area (Å²) in [5, 5.41) is 1.62. The number of nitrogens with zero attached hydrogens (tertiary/aromatic N) is 1. The summed E-state index contributed by atoms with van der Waals surface area (Å²) in [4.78, 5) is 14.0. The maximum Gasteiger partial charge on any atom is 0.257 e. The lowest BCUT2D eigenvalue weighted by atomic mass is 10.1. The van der Waals surface area contributed by atoms with Crippen LogP contribution in [0.3, 0.4) is 0 Å². The lowest BCUT2D eigenvalue weighted by Crippen LogP contribution is -2.35. The molecule has 1 atom stereocenters. The lowest BCUT2D eigenvalue weighted by Gasteiger charge is -2.22. The number of rotatable bonds is 3. The third kappa shape index (κ3) is 2.22. The third-order valence-electron chi connectivity index (χ3n) is 2.92. The van der Waals surface area contributed by atoms with Crippen molar-refractivity contribution in [3.8, 4) is 0 Å². The highest BCUT2D eigenvalue weighted by molar-refractivity contribution is 9.09. The highest BCUT2D eigenvalue weighted by atomic mass is 79.9. The Kier molecular flexibility index (Phi) is 3.52. The Labute approximate surface area is 109 Å². The van der Waals surface area contributed by atoms with E-state index in [4.69, 9.17) is 4.42 Å². The van der Waals surface area contributed by atoms with Gasteiger partial charge < -0.3 is 9.32 Å². The summed E-state index contributed by atoms with van der Waals surface area (Å²) in [5.41, 5.74) is 1.37. The first-order valence-electron chi connectivity index (χ1n) is 5.44. The molecule has 0 fully saturated rings. The number of para-hydroxylation sites is 1. The first kappa shape index (κ1) is 12.2. The number of amides is 1. The lowest BCUT2D eigenvalue weighted by molar-refractivity contribution is 0.0759. The average Bonchev–Trinajstić information content (AvgIpc) is 2.79. The number of alkyl halides is 1. The van der Waals surface area contributed by atoms with E-state index < -0.39 is 0 Å². The van der Waals surface area contributed by atoms with E-state index in [1.807, 2.05) is 31.2 Å². The number of hydrogen-bond donors (Lipinski definition) is 0. The van der Waals surface area contributed by atoms with Gasteiger partial charge in [-0.1, -0.05) is 34.1 Å². The van der Waals surface area contributed by atoms with Gasteiger partial charge in [-0.3, -0.25) is 4.79 Å². The van der Waals surface area contributed by atoms with E-state index in [0.717, 1.165) is 16.3 Å². The second kappa shape index (κ2) is 4.92. The summed E-state index contributed by atoms with van der Waals surface area (Å²) in [6.07, 6.45) is 1.53. The number of benzene rings is 1. The van der Waals surface area contributed by atoms with Gasteiger partial charge in [0.05, 0.1) is 5.56 Å². The molecule has 0 bridgehead atoms. The Balaban J connectivity index is 2.37. The number of hydrogen-bond acceptors (Lipinski definition) is 2. The smallest absolute Gasteiger partial charge is 0.257 e. The Bertz CT molecular complexity index is 535. The first-order chi connectivity index (χ1) is 8.15. The number of halogens is 1. The van der Waals surface area contributed by atoms with Gasteiger partial charge in [-0.25, -0.2) is 0 Å². The van der Waals surface area contributed by atoms with Gasteiger partial charge in [0.2, 0.25) is 0 Å². The molecule has 0 saturated carbocycles. The molecule has 1 aromatic heterocycles. The molecule has 0 aliphatic carbocycles. The van der Waals surface area contributed by atoms with Crippen molar-refractivity contribution in [2.24, 2.45) is 0 Å². The summed E-state index contributed by atoms with van der Waals surface area (Å²) >= 11 is 3.38. The highest BCUT2D eigenvalue weighted by Gasteiger charge is 2.20. The molecule has 0 radical (unpaired) electrons. The first-order valence-corrected chi connectivity index (χ1v) is 6.56. The highest BCUT2D eigenvalue weighted by Crippen LogP contribution is 2.22. The Hall–Kier alpha value is -1.29. The topological polar surface area (TPSA) is 33.5 Å². The van der Waals surface area contributed by atoms with Crippen molar-refractivity contribution in [1.82, 2.24) is 4.90 Å². The van der Waals surface area contributed by atoms with Crippen LogP contribution in [0.25, 0.3) is 11.0 Å². The molecule has 1 unspecified atom stereocenters. The molecule has 2 rings (SSSR count). The molecular formula is C13H14BrNO2. The standard InChI is InChI=1S/C13H14BrNO2/c1-9(7-14)15(2)13(16)11-8-17-12-6-4-3-5-10(11)12/h3-6,8-9H,7H2,1-2H3. The molecule has 0 aliphatic heterocycles. The van der Waals surface area contributed by atoms with Gasteiger partial charge in [0, 0.05) is 23.8 Å². The van der Waals surface area contributed by atoms with Gasteiger partial charge in [0.15, 0.2) is 0 Å². The monoisotopic (exact) mass is 295 g/mol. The molecule has 1 amide bonds. The van der Waals surface area contributed by atoms with Gasteiger partial charge in [-0.15, -0.1) is 0 Å². The summed E-state index contributed by atoms with van der Waals surface area (Å²) in [6, 6.07) is 7.71. The summed E-state index contributed by atoms with van der Waals surface area (Å²) in [7, 11) is 1.80. The predicted octanol–water partition coefficient (Wildman–Crippen LogP) is 3.29. The van der Waals surface area contributed by atoms with Crippen LogP contribution in [0, 0.1) is 0 Å². The van der Waals surface area contributed by atoms with Crippen molar-refractivity contribution in [2.45, 2.75) is 13.0 Å². The molecule has 3 nitrogen and oxygen atoms in total. The minimum Gasteiger partial charge on any atom is -0.463 e. The quantitative estimate of drug-likeness (QED) is 0.814. The normalized spacial score (nSPS) is 12.6. The van der Waals surface area contributed by atoms with E-state index in [1.165, 1.54) is 6.26 Å². The number of fused-ring (bicyclic) bond motifs is 1. The molecule has 2 aromatic rings. The maximum absolute atomic E-state index is 12.3. The fourth-order valence-electron chi connectivity index (χ4n) is 1.64. The molecule has 17 heavy (non-hydrogen) atoms. The third-order valence-corrected chi connectivity index (χ3v) is 3.85. The Morgan fingerprint density at radius 1 is 1.47 bits per heavy atom. The van der Waals surface area contributed by atoms with Crippen LogP contribution < -0.4 is 0 Å². The molecule has 0 N–H and O–H groups in total. The predicted molar refractivity (Wildman–Crippen MR) is 71.6 cm³/mol. The van der Waals surface area contributed by atoms with Gasteiger partial charge in [0.1, 0.15) is 11.8 Å². The van der Waals surface area contributed by atoms with Gasteiger partial charge >= 0.3 is 0 Å². The zero-order valence-corrected chi connectivity index (χ0v) is 11.4. The minimum atomic E-state index is -0.0121. The molecule has 0 saturated heterocycles. The average molecular weight is 296 g/mol.